The lowest BCUT2D eigenvalue weighted by Gasteiger charge is -2.04. The zero-order valence-electron chi connectivity index (χ0n) is 14.2. The van der Waals surface area contributed by atoms with Crippen molar-refractivity contribution in [1.82, 2.24) is 0 Å². The molecule has 0 aromatic heterocycles. The van der Waals surface area contributed by atoms with Gasteiger partial charge < -0.3 is 4.74 Å². The first kappa shape index (κ1) is 17.7. The van der Waals surface area contributed by atoms with Crippen molar-refractivity contribution in [3.63, 3.8) is 0 Å². The van der Waals surface area contributed by atoms with Crippen LogP contribution in [0, 0.1) is 0 Å². The number of hydrogen-bond acceptors (Lipinski definition) is 3. The van der Waals surface area contributed by atoms with Crippen LogP contribution in [-0.4, -0.2) is 11.9 Å². The maximum Gasteiger partial charge on any atom is 0.346 e. The molecule has 0 saturated carbocycles. The second-order valence-corrected chi connectivity index (χ2v) is 6.49. The topological polar surface area (TPSA) is 43.4 Å². The van der Waals surface area contributed by atoms with Gasteiger partial charge in [-0.15, -0.1) is 0 Å². The molecule has 0 aliphatic carbocycles. The molecule has 1 heterocycles. The summed E-state index contributed by atoms with van der Waals surface area (Å²) in [6.45, 7) is 2.25. The first-order chi connectivity index (χ1) is 11.2. The van der Waals surface area contributed by atoms with Gasteiger partial charge in [0.2, 0.25) is 0 Å². The molecule has 0 amide bonds. The van der Waals surface area contributed by atoms with E-state index in [1.165, 1.54) is 57.8 Å². The SMILES string of the molecule is CCCCCCCCCCCCc1ccc2c(c1)C(=O)OC2=O. The molecule has 3 nitrogen and oxygen atoms in total. The molecule has 0 saturated heterocycles. The Balaban J connectivity index is 1.58. The molecular weight excluding hydrogens is 288 g/mol. The number of fused-ring (bicyclic) bond motifs is 1. The Morgan fingerprint density at radius 2 is 1.30 bits per heavy atom. The van der Waals surface area contributed by atoms with Crippen molar-refractivity contribution in [2.45, 2.75) is 77.6 Å². The molecule has 1 aliphatic heterocycles. The largest absolute Gasteiger partial charge is 0.386 e. The van der Waals surface area contributed by atoms with Crippen LogP contribution in [0.5, 0.6) is 0 Å². The van der Waals surface area contributed by atoms with Crippen LogP contribution in [0.4, 0.5) is 0 Å². The van der Waals surface area contributed by atoms with Crippen LogP contribution in [0.3, 0.4) is 0 Å². The third-order valence-corrected chi connectivity index (χ3v) is 4.53. The van der Waals surface area contributed by atoms with Crippen molar-refractivity contribution in [3.05, 3.63) is 34.9 Å². The molecular formula is C20H28O3. The van der Waals surface area contributed by atoms with Gasteiger partial charge in [0.15, 0.2) is 0 Å². The minimum absolute atomic E-state index is 0.404. The fourth-order valence-electron chi connectivity index (χ4n) is 3.10. The Hall–Kier alpha value is -1.64. The van der Waals surface area contributed by atoms with Gasteiger partial charge in [0.25, 0.3) is 0 Å². The maximum atomic E-state index is 11.5. The van der Waals surface area contributed by atoms with E-state index in [4.69, 9.17) is 0 Å². The number of benzene rings is 1. The lowest BCUT2D eigenvalue weighted by atomic mass is 10.0. The highest BCUT2D eigenvalue weighted by atomic mass is 16.6. The van der Waals surface area contributed by atoms with E-state index in [0.29, 0.717) is 11.1 Å². The zero-order chi connectivity index (χ0) is 16.5. The second-order valence-electron chi connectivity index (χ2n) is 6.49. The summed E-state index contributed by atoms with van der Waals surface area (Å²) >= 11 is 0. The van der Waals surface area contributed by atoms with Gasteiger partial charge >= 0.3 is 11.9 Å². The molecule has 23 heavy (non-hydrogen) atoms. The van der Waals surface area contributed by atoms with E-state index in [1.807, 2.05) is 12.1 Å². The predicted octanol–water partition coefficient (Wildman–Crippen LogP) is 5.46. The summed E-state index contributed by atoms with van der Waals surface area (Å²) in [5.41, 5.74) is 1.95. The van der Waals surface area contributed by atoms with Crippen molar-refractivity contribution in [1.29, 1.82) is 0 Å². The highest BCUT2D eigenvalue weighted by Gasteiger charge is 2.29. The molecule has 0 unspecified atom stereocenters. The lowest BCUT2D eigenvalue weighted by Crippen LogP contribution is -1.97. The monoisotopic (exact) mass is 316 g/mol. The van der Waals surface area contributed by atoms with Crippen LogP contribution >= 0.6 is 0 Å². The van der Waals surface area contributed by atoms with Gasteiger partial charge in [-0.25, -0.2) is 9.59 Å². The average Bonchev–Trinajstić information content (AvgIpc) is 2.83. The normalized spacial score (nSPS) is 13.3. The number of rotatable bonds is 11. The highest BCUT2D eigenvalue weighted by Crippen LogP contribution is 2.22. The molecule has 1 aromatic carbocycles. The Morgan fingerprint density at radius 3 is 1.96 bits per heavy atom. The van der Waals surface area contributed by atoms with Gasteiger partial charge in [0.05, 0.1) is 11.1 Å². The number of ether oxygens (including phenoxy) is 1. The maximum absolute atomic E-state index is 11.5. The molecule has 0 bridgehead atoms. The average molecular weight is 316 g/mol. The quantitative estimate of drug-likeness (QED) is 0.309. The van der Waals surface area contributed by atoms with Crippen molar-refractivity contribution in [2.24, 2.45) is 0 Å². The summed E-state index contributed by atoms with van der Waals surface area (Å²) in [4.78, 5) is 22.9. The van der Waals surface area contributed by atoms with Crippen LogP contribution in [0.25, 0.3) is 0 Å². The number of hydrogen-bond donors (Lipinski definition) is 0. The molecule has 3 heteroatoms. The lowest BCUT2D eigenvalue weighted by molar-refractivity contribution is 0.0444. The molecule has 2 rings (SSSR count). The van der Waals surface area contributed by atoms with Gasteiger partial charge in [-0.2, -0.15) is 0 Å². The molecule has 1 aromatic rings. The molecule has 0 radical (unpaired) electrons. The highest BCUT2D eigenvalue weighted by molar-refractivity contribution is 6.14. The predicted molar refractivity (Wildman–Crippen MR) is 91.7 cm³/mol. The Labute approximate surface area is 139 Å². The van der Waals surface area contributed by atoms with Crippen molar-refractivity contribution in [2.75, 3.05) is 0 Å². The number of carbonyl (C=O) groups excluding carboxylic acids is 2. The van der Waals surface area contributed by atoms with Gasteiger partial charge in [-0.1, -0.05) is 70.8 Å². The van der Waals surface area contributed by atoms with Crippen LogP contribution in [0.15, 0.2) is 18.2 Å². The van der Waals surface area contributed by atoms with E-state index in [0.717, 1.165) is 18.4 Å². The van der Waals surface area contributed by atoms with Crippen molar-refractivity contribution in [3.8, 4) is 0 Å². The second kappa shape index (κ2) is 9.49. The molecule has 0 atom stereocenters. The number of unbranched alkanes of at least 4 members (excludes halogenated alkanes) is 9. The summed E-state index contributed by atoms with van der Waals surface area (Å²) in [5, 5.41) is 0. The minimum atomic E-state index is -0.518. The van der Waals surface area contributed by atoms with Gasteiger partial charge in [0.1, 0.15) is 0 Å². The number of cyclic esters (lactones) is 2. The standard InChI is InChI=1S/C20H28O3/c1-2-3-4-5-6-7-8-9-10-11-12-16-13-14-17-18(15-16)20(22)23-19(17)21/h13-15H,2-12H2,1H3. The zero-order valence-corrected chi connectivity index (χ0v) is 14.2. The summed E-state index contributed by atoms with van der Waals surface area (Å²) in [5.74, 6) is -1.02. The van der Waals surface area contributed by atoms with E-state index in [9.17, 15) is 9.59 Å². The Bertz CT molecular complexity index is 534. The summed E-state index contributed by atoms with van der Waals surface area (Å²) in [7, 11) is 0. The first-order valence-electron chi connectivity index (χ1n) is 9.12. The summed E-state index contributed by atoms with van der Waals surface area (Å²) < 4.78 is 4.61. The van der Waals surface area contributed by atoms with Crippen LogP contribution in [-0.2, 0) is 11.2 Å². The van der Waals surface area contributed by atoms with E-state index in [1.54, 1.807) is 6.07 Å². The summed E-state index contributed by atoms with van der Waals surface area (Å²) in [6, 6.07) is 5.47. The minimum Gasteiger partial charge on any atom is -0.386 e. The Morgan fingerprint density at radius 1 is 0.739 bits per heavy atom. The number of esters is 2. The number of carbonyl (C=O) groups is 2. The molecule has 1 aliphatic rings. The van der Waals surface area contributed by atoms with E-state index >= 15 is 0 Å². The molecule has 0 N–H and O–H groups in total. The molecule has 126 valence electrons. The Kier molecular flexibility index (Phi) is 7.31. The fourth-order valence-corrected chi connectivity index (χ4v) is 3.10. The third-order valence-electron chi connectivity index (χ3n) is 4.53. The summed E-state index contributed by atoms with van der Waals surface area (Å²) in [6.07, 6.45) is 14.2. The van der Waals surface area contributed by atoms with Crippen LogP contribution in [0.2, 0.25) is 0 Å². The molecule has 0 fully saturated rings. The van der Waals surface area contributed by atoms with E-state index in [2.05, 4.69) is 11.7 Å². The number of aryl methyl sites for hydroxylation is 1. The first-order valence-corrected chi connectivity index (χ1v) is 9.12. The smallest absolute Gasteiger partial charge is 0.346 e. The molecule has 0 spiro atoms. The third kappa shape index (κ3) is 5.49. The van der Waals surface area contributed by atoms with Crippen molar-refractivity contribution < 1.29 is 14.3 Å². The van der Waals surface area contributed by atoms with Gasteiger partial charge in [-0.05, 0) is 30.5 Å². The fraction of sp³-hybridized carbons (Fsp3) is 0.600. The van der Waals surface area contributed by atoms with Crippen LogP contribution < -0.4 is 0 Å². The van der Waals surface area contributed by atoms with Gasteiger partial charge in [-0.3, -0.25) is 0 Å². The van der Waals surface area contributed by atoms with Gasteiger partial charge in [0, 0.05) is 0 Å². The van der Waals surface area contributed by atoms with E-state index < -0.39 is 11.9 Å². The van der Waals surface area contributed by atoms with Crippen LogP contribution in [0.1, 0.15) is 97.4 Å². The van der Waals surface area contributed by atoms with Crippen molar-refractivity contribution >= 4 is 11.9 Å². The van der Waals surface area contributed by atoms with E-state index in [-0.39, 0.29) is 0 Å².